The van der Waals surface area contributed by atoms with E-state index in [9.17, 15) is 13.5 Å². The van der Waals surface area contributed by atoms with Gasteiger partial charge in [-0.25, -0.2) is 8.42 Å². The molecule has 134 valence electrons. The summed E-state index contributed by atoms with van der Waals surface area (Å²) in [6, 6.07) is 13.6. The molecule has 1 N–H and O–H groups in total. The molecule has 0 radical (unpaired) electrons. The number of rotatable bonds is 3. The lowest BCUT2D eigenvalue weighted by Crippen LogP contribution is -2.42. The zero-order chi connectivity index (χ0) is 18.1. The van der Waals surface area contributed by atoms with Crippen molar-refractivity contribution < 1.29 is 18.3 Å². The molecule has 0 saturated carbocycles. The normalized spacial score (nSPS) is 18.8. The maximum Gasteiger partial charge on any atom is 0.243 e. The highest BCUT2D eigenvalue weighted by molar-refractivity contribution is 7.89. The van der Waals surface area contributed by atoms with Gasteiger partial charge in [0, 0.05) is 36.3 Å². The van der Waals surface area contributed by atoms with Gasteiger partial charge in [0.05, 0.1) is 17.6 Å². The lowest BCUT2D eigenvalue weighted by atomic mass is 10.1. The number of hydrogen-bond acceptors (Lipinski definition) is 5. The molecule has 26 heavy (non-hydrogen) atoms. The van der Waals surface area contributed by atoms with E-state index in [1.165, 1.54) is 4.31 Å². The highest BCUT2D eigenvalue weighted by atomic mass is 32.2. The Bertz CT molecular complexity index is 1050. The highest BCUT2D eigenvalue weighted by Crippen LogP contribution is 2.30. The maximum atomic E-state index is 13.2. The van der Waals surface area contributed by atoms with Crippen molar-refractivity contribution in [2.45, 2.75) is 11.0 Å². The molecule has 1 saturated heterocycles. The first-order valence-electron chi connectivity index (χ1n) is 8.29. The van der Waals surface area contributed by atoms with Gasteiger partial charge in [-0.1, -0.05) is 24.3 Å². The van der Waals surface area contributed by atoms with Crippen molar-refractivity contribution in [3.63, 3.8) is 0 Å². The third-order valence-electron chi connectivity index (χ3n) is 4.53. The number of benzene rings is 2. The van der Waals surface area contributed by atoms with E-state index in [0.29, 0.717) is 18.5 Å². The molecule has 0 bridgehead atoms. The lowest BCUT2D eigenvalue weighted by Gasteiger charge is -2.32. The molecule has 2 aromatic carbocycles. The quantitative estimate of drug-likeness (QED) is 0.767. The topological polar surface area (TPSA) is 79.7 Å². The Morgan fingerprint density at radius 1 is 1.15 bits per heavy atom. The standard InChI is InChI=1S/C19H18N2O4S/c22-16-5-1-3-14(11-16)18-13-21(9-10-25-18)26(23,24)19-6-2-4-15-12-20-8-7-17(15)19/h1-8,11-12,18,22H,9-10,13H2/t18-/m1/s1. The van der Waals surface area contributed by atoms with E-state index in [1.54, 1.807) is 48.8 Å². The third-order valence-corrected chi connectivity index (χ3v) is 6.45. The van der Waals surface area contributed by atoms with Crippen LogP contribution in [-0.2, 0) is 14.8 Å². The SMILES string of the molecule is O=S(=O)(c1cccc2cnccc12)N1CCO[C@@H](c2cccc(O)c2)C1. The van der Waals surface area contributed by atoms with Crippen molar-refractivity contribution >= 4 is 20.8 Å². The van der Waals surface area contributed by atoms with Crippen LogP contribution in [0.2, 0.25) is 0 Å². The van der Waals surface area contributed by atoms with Gasteiger partial charge >= 0.3 is 0 Å². The van der Waals surface area contributed by atoms with Gasteiger partial charge in [0.2, 0.25) is 10.0 Å². The fourth-order valence-electron chi connectivity index (χ4n) is 3.23. The molecule has 0 spiro atoms. The Labute approximate surface area is 151 Å². The number of phenols is 1. The fraction of sp³-hybridized carbons (Fsp3) is 0.211. The zero-order valence-corrected chi connectivity index (χ0v) is 14.8. The minimum Gasteiger partial charge on any atom is -0.508 e. The molecule has 0 amide bonds. The van der Waals surface area contributed by atoms with Crippen molar-refractivity contribution in [1.29, 1.82) is 0 Å². The van der Waals surface area contributed by atoms with Gasteiger partial charge in [0.1, 0.15) is 5.75 Å². The summed E-state index contributed by atoms with van der Waals surface area (Å²) in [5, 5.41) is 11.1. The molecule has 1 aliphatic rings. The third kappa shape index (κ3) is 3.05. The Morgan fingerprint density at radius 3 is 2.85 bits per heavy atom. The van der Waals surface area contributed by atoms with Crippen LogP contribution in [0.25, 0.3) is 10.8 Å². The van der Waals surface area contributed by atoms with Crippen molar-refractivity contribution in [1.82, 2.24) is 9.29 Å². The van der Waals surface area contributed by atoms with Crippen molar-refractivity contribution in [2.24, 2.45) is 0 Å². The van der Waals surface area contributed by atoms with Gasteiger partial charge in [0.15, 0.2) is 0 Å². The number of pyridine rings is 1. The van der Waals surface area contributed by atoms with Crippen LogP contribution in [0.5, 0.6) is 5.75 Å². The molecule has 6 nitrogen and oxygen atoms in total. The number of aromatic nitrogens is 1. The lowest BCUT2D eigenvalue weighted by molar-refractivity contribution is -0.00262. The first-order chi connectivity index (χ1) is 12.6. The Kier molecular flexibility index (Phi) is 4.36. The monoisotopic (exact) mass is 370 g/mol. The average Bonchev–Trinajstić information content (AvgIpc) is 2.67. The number of sulfonamides is 1. The smallest absolute Gasteiger partial charge is 0.243 e. The molecule has 1 fully saturated rings. The van der Waals surface area contributed by atoms with E-state index in [2.05, 4.69) is 4.98 Å². The average molecular weight is 370 g/mol. The minimum absolute atomic E-state index is 0.132. The maximum absolute atomic E-state index is 13.2. The minimum atomic E-state index is -3.68. The summed E-state index contributed by atoms with van der Waals surface area (Å²) >= 11 is 0. The molecular formula is C19H18N2O4S. The molecule has 1 atom stereocenters. The molecule has 1 aliphatic heterocycles. The van der Waals surface area contributed by atoms with Crippen LogP contribution in [0.15, 0.2) is 65.8 Å². The number of ether oxygens (including phenoxy) is 1. The highest BCUT2D eigenvalue weighted by Gasteiger charge is 2.32. The van der Waals surface area contributed by atoms with Gasteiger partial charge in [-0.2, -0.15) is 4.31 Å². The number of phenolic OH excluding ortho intramolecular Hbond substituents is 1. The van der Waals surface area contributed by atoms with Gasteiger partial charge in [-0.3, -0.25) is 4.98 Å². The van der Waals surface area contributed by atoms with E-state index in [1.807, 2.05) is 12.1 Å². The number of nitrogens with zero attached hydrogens (tertiary/aromatic N) is 2. The van der Waals surface area contributed by atoms with Crippen LogP contribution in [0, 0.1) is 0 Å². The van der Waals surface area contributed by atoms with Gasteiger partial charge in [-0.15, -0.1) is 0 Å². The molecule has 1 aromatic heterocycles. The first kappa shape index (κ1) is 17.0. The van der Waals surface area contributed by atoms with Crippen molar-refractivity contribution in [3.05, 3.63) is 66.5 Å². The van der Waals surface area contributed by atoms with Crippen LogP contribution in [0.1, 0.15) is 11.7 Å². The van der Waals surface area contributed by atoms with Crippen LogP contribution < -0.4 is 0 Å². The second-order valence-corrected chi connectivity index (χ2v) is 8.08. The van der Waals surface area contributed by atoms with E-state index in [4.69, 9.17) is 4.74 Å². The van der Waals surface area contributed by atoms with Crippen LogP contribution >= 0.6 is 0 Å². The second kappa shape index (κ2) is 6.68. The first-order valence-corrected chi connectivity index (χ1v) is 9.73. The molecule has 3 aromatic rings. The van der Waals surface area contributed by atoms with E-state index >= 15 is 0 Å². The van der Waals surface area contributed by atoms with E-state index in [0.717, 1.165) is 10.9 Å². The number of morpholine rings is 1. The zero-order valence-electron chi connectivity index (χ0n) is 13.9. The molecular weight excluding hydrogens is 352 g/mol. The van der Waals surface area contributed by atoms with Crippen molar-refractivity contribution in [3.8, 4) is 5.75 Å². The fourth-order valence-corrected chi connectivity index (χ4v) is 4.87. The van der Waals surface area contributed by atoms with Crippen LogP contribution in [0.4, 0.5) is 0 Å². The van der Waals surface area contributed by atoms with E-state index < -0.39 is 16.1 Å². The largest absolute Gasteiger partial charge is 0.508 e. The predicted octanol–water partition coefficient (Wildman–Crippen LogP) is 2.70. The Hall–Kier alpha value is -2.48. The Balaban J connectivity index is 1.69. The number of hydrogen-bond donors (Lipinski definition) is 1. The summed E-state index contributed by atoms with van der Waals surface area (Å²) in [7, 11) is -3.68. The van der Waals surface area contributed by atoms with Crippen LogP contribution in [-0.4, -0.2) is 42.5 Å². The molecule has 0 aliphatic carbocycles. The summed E-state index contributed by atoms with van der Waals surface area (Å²) in [5.41, 5.74) is 0.756. The molecule has 0 unspecified atom stereocenters. The molecule has 7 heteroatoms. The number of aromatic hydroxyl groups is 1. The van der Waals surface area contributed by atoms with Crippen molar-refractivity contribution in [2.75, 3.05) is 19.7 Å². The van der Waals surface area contributed by atoms with E-state index in [-0.39, 0.29) is 17.2 Å². The summed E-state index contributed by atoms with van der Waals surface area (Å²) < 4.78 is 33.7. The molecule has 4 rings (SSSR count). The summed E-state index contributed by atoms with van der Waals surface area (Å²) in [4.78, 5) is 4.33. The Morgan fingerprint density at radius 2 is 2.00 bits per heavy atom. The summed E-state index contributed by atoms with van der Waals surface area (Å²) in [6.45, 7) is 0.790. The van der Waals surface area contributed by atoms with Gasteiger partial charge in [-0.05, 0) is 29.8 Å². The van der Waals surface area contributed by atoms with Gasteiger partial charge < -0.3 is 9.84 Å². The van der Waals surface area contributed by atoms with Crippen LogP contribution in [0.3, 0.4) is 0 Å². The van der Waals surface area contributed by atoms with Gasteiger partial charge in [0.25, 0.3) is 0 Å². The predicted molar refractivity (Wildman–Crippen MR) is 97.3 cm³/mol. The summed E-state index contributed by atoms with van der Waals surface area (Å²) in [6.07, 6.45) is 2.83. The molecule has 2 heterocycles. The summed E-state index contributed by atoms with van der Waals surface area (Å²) in [5.74, 6) is 0.132. The second-order valence-electron chi connectivity index (χ2n) is 6.17. The number of fused-ring (bicyclic) bond motifs is 1.